The van der Waals surface area contributed by atoms with Crippen LogP contribution in [0.3, 0.4) is 0 Å². The Morgan fingerprint density at radius 2 is 2.12 bits per heavy atom. The van der Waals surface area contributed by atoms with Crippen molar-refractivity contribution >= 4 is 22.4 Å². The highest BCUT2D eigenvalue weighted by Crippen LogP contribution is 2.14. The Bertz CT molecular complexity index is 312. The van der Waals surface area contributed by atoms with E-state index in [0.29, 0.717) is 6.61 Å². The lowest BCUT2D eigenvalue weighted by atomic mass is 10.1. The average Bonchev–Trinajstić information content (AvgIpc) is 2.70. The maximum absolute atomic E-state index is 11.8. The van der Waals surface area contributed by atoms with Crippen LogP contribution in [0.1, 0.15) is 25.7 Å². The van der Waals surface area contributed by atoms with Crippen molar-refractivity contribution in [2.45, 2.75) is 37.8 Å². The molecule has 5 nitrogen and oxygen atoms in total. The summed E-state index contributed by atoms with van der Waals surface area (Å²) in [5.41, 5.74) is 0. The molecule has 0 aliphatic carbocycles. The van der Waals surface area contributed by atoms with Crippen LogP contribution in [-0.4, -0.2) is 46.0 Å². The van der Waals surface area contributed by atoms with Gasteiger partial charge in [0.2, 0.25) is 10.0 Å². The minimum absolute atomic E-state index is 0. The molecule has 0 amide bonds. The van der Waals surface area contributed by atoms with Crippen molar-refractivity contribution in [1.82, 2.24) is 10.0 Å². The summed E-state index contributed by atoms with van der Waals surface area (Å²) < 4.78 is 31.8. The lowest BCUT2D eigenvalue weighted by Gasteiger charge is -2.23. The van der Waals surface area contributed by atoms with Gasteiger partial charge in [0.15, 0.2) is 0 Å². The quantitative estimate of drug-likeness (QED) is 0.777. The van der Waals surface area contributed by atoms with E-state index in [-0.39, 0.29) is 30.3 Å². The molecule has 0 aromatic carbocycles. The molecular weight excluding hydrogens is 264 g/mol. The van der Waals surface area contributed by atoms with Crippen LogP contribution in [0.15, 0.2) is 0 Å². The highest BCUT2D eigenvalue weighted by molar-refractivity contribution is 7.89. The van der Waals surface area contributed by atoms with Gasteiger partial charge in [0, 0.05) is 19.2 Å². The molecule has 2 saturated heterocycles. The Labute approximate surface area is 109 Å². The molecule has 2 heterocycles. The third-order valence-corrected chi connectivity index (χ3v) is 4.59. The molecule has 2 unspecified atom stereocenters. The molecule has 0 saturated carbocycles. The maximum Gasteiger partial charge on any atom is 0.214 e. The number of hydrogen-bond donors (Lipinski definition) is 2. The van der Waals surface area contributed by atoms with Gasteiger partial charge in [-0.2, -0.15) is 0 Å². The standard InChI is InChI=1S/C10H20N2O3S.ClH/c13-16(14,12-9-4-5-11-7-9)8-10-3-1-2-6-15-10;/h9-12H,1-8H2;1H. The van der Waals surface area contributed by atoms with Gasteiger partial charge >= 0.3 is 0 Å². The van der Waals surface area contributed by atoms with Crippen LogP contribution in [0, 0.1) is 0 Å². The molecule has 2 rings (SSSR count). The third-order valence-electron chi connectivity index (χ3n) is 3.09. The van der Waals surface area contributed by atoms with Gasteiger partial charge in [-0.1, -0.05) is 0 Å². The van der Waals surface area contributed by atoms with Crippen molar-refractivity contribution in [3.63, 3.8) is 0 Å². The number of nitrogens with one attached hydrogen (secondary N) is 2. The number of hydrogen-bond acceptors (Lipinski definition) is 4. The van der Waals surface area contributed by atoms with Gasteiger partial charge in [-0.25, -0.2) is 13.1 Å². The van der Waals surface area contributed by atoms with Crippen LogP contribution in [0.25, 0.3) is 0 Å². The van der Waals surface area contributed by atoms with Crippen LogP contribution in [0.4, 0.5) is 0 Å². The van der Waals surface area contributed by atoms with E-state index in [2.05, 4.69) is 10.0 Å². The molecule has 7 heteroatoms. The predicted molar refractivity (Wildman–Crippen MR) is 69.0 cm³/mol. The lowest BCUT2D eigenvalue weighted by Crippen LogP contribution is -2.41. The first-order chi connectivity index (χ1) is 7.66. The molecule has 2 fully saturated rings. The van der Waals surface area contributed by atoms with Crippen LogP contribution in [0.2, 0.25) is 0 Å². The first-order valence-electron chi connectivity index (χ1n) is 5.98. The van der Waals surface area contributed by atoms with Gasteiger partial charge in [0.25, 0.3) is 0 Å². The fourth-order valence-corrected chi connectivity index (χ4v) is 3.80. The predicted octanol–water partition coefficient (Wildman–Crippen LogP) is 0.259. The van der Waals surface area contributed by atoms with Gasteiger partial charge < -0.3 is 10.1 Å². The molecule has 0 aromatic rings. The summed E-state index contributed by atoms with van der Waals surface area (Å²) >= 11 is 0. The number of halogens is 1. The summed E-state index contributed by atoms with van der Waals surface area (Å²) in [6.07, 6.45) is 3.76. The normalized spacial score (nSPS) is 29.9. The molecule has 2 N–H and O–H groups in total. The zero-order chi connectivity index (χ0) is 11.4. The van der Waals surface area contributed by atoms with Crippen LogP contribution < -0.4 is 10.0 Å². The van der Waals surface area contributed by atoms with Crippen molar-refractivity contribution in [3.05, 3.63) is 0 Å². The van der Waals surface area contributed by atoms with Gasteiger partial charge in [-0.3, -0.25) is 0 Å². The lowest BCUT2D eigenvalue weighted by molar-refractivity contribution is 0.0303. The van der Waals surface area contributed by atoms with Gasteiger partial charge in [-0.15, -0.1) is 12.4 Å². The van der Waals surface area contributed by atoms with Gasteiger partial charge in [0.1, 0.15) is 0 Å². The van der Waals surface area contributed by atoms with E-state index < -0.39 is 10.0 Å². The largest absolute Gasteiger partial charge is 0.377 e. The van der Waals surface area contributed by atoms with Crippen molar-refractivity contribution in [2.24, 2.45) is 0 Å². The van der Waals surface area contributed by atoms with E-state index in [1.165, 1.54) is 0 Å². The molecule has 0 bridgehead atoms. The van der Waals surface area contributed by atoms with E-state index in [9.17, 15) is 8.42 Å². The Morgan fingerprint density at radius 3 is 2.71 bits per heavy atom. The smallest absolute Gasteiger partial charge is 0.214 e. The molecule has 0 radical (unpaired) electrons. The van der Waals surface area contributed by atoms with E-state index >= 15 is 0 Å². The monoisotopic (exact) mass is 284 g/mol. The molecular formula is C10H21ClN2O3S. The van der Waals surface area contributed by atoms with E-state index in [0.717, 1.165) is 38.8 Å². The summed E-state index contributed by atoms with van der Waals surface area (Å²) in [5.74, 6) is 0.115. The summed E-state index contributed by atoms with van der Waals surface area (Å²) in [4.78, 5) is 0. The Balaban J connectivity index is 0.00000144. The highest BCUT2D eigenvalue weighted by atomic mass is 35.5. The molecule has 2 aliphatic rings. The summed E-state index contributed by atoms with van der Waals surface area (Å²) in [5, 5.41) is 3.14. The average molecular weight is 285 g/mol. The Hall–Kier alpha value is 0.120. The maximum atomic E-state index is 11.8. The summed E-state index contributed by atoms with van der Waals surface area (Å²) in [6, 6.07) is 0.0635. The number of rotatable bonds is 4. The first-order valence-corrected chi connectivity index (χ1v) is 7.63. The minimum atomic E-state index is -3.18. The fourth-order valence-electron chi connectivity index (χ4n) is 2.24. The highest BCUT2D eigenvalue weighted by Gasteiger charge is 2.25. The van der Waals surface area contributed by atoms with Crippen LogP contribution in [-0.2, 0) is 14.8 Å². The van der Waals surface area contributed by atoms with Crippen molar-refractivity contribution < 1.29 is 13.2 Å². The topological polar surface area (TPSA) is 67.4 Å². The first kappa shape index (κ1) is 15.2. The molecule has 0 aromatic heterocycles. The Kier molecular flexibility index (Phi) is 6.16. The van der Waals surface area contributed by atoms with Crippen LogP contribution >= 0.6 is 12.4 Å². The Morgan fingerprint density at radius 1 is 1.29 bits per heavy atom. The summed E-state index contributed by atoms with van der Waals surface area (Å²) in [6.45, 7) is 2.34. The van der Waals surface area contributed by atoms with E-state index in [4.69, 9.17) is 4.74 Å². The second kappa shape index (κ2) is 6.89. The van der Waals surface area contributed by atoms with Crippen LogP contribution in [0.5, 0.6) is 0 Å². The second-order valence-electron chi connectivity index (χ2n) is 4.58. The second-order valence-corrected chi connectivity index (χ2v) is 6.38. The zero-order valence-electron chi connectivity index (χ0n) is 9.85. The molecule has 0 spiro atoms. The molecule has 17 heavy (non-hydrogen) atoms. The summed E-state index contributed by atoms with van der Waals surface area (Å²) in [7, 11) is -3.18. The van der Waals surface area contributed by atoms with Crippen molar-refractivity contribution in [1.29, 1.82) is 0 Å². The molecule has 102 valence electrons. The number of sulfonamides is 1. The number of ether oxygens (including phenoxy) is 1. The zero-order valence-corrected chi connectivity index (χ0v) is 11.5. The SMILES string of the molecule is Cl.O=S(=O)(CC1CCCCO1)NC1CCNC1. The van der Waals surface area contributed by atoms with E-state index in [1.807, 2.05) is 0 Å². The van der Waals surface area contributed by atoms with E-state index in [1.54, 1.807) is 0 Å². The van der Waals surface area contributed by atoms with Crippen molar-refractivity contribution in [2.75, 3.05) is 25.4 Å². The third kappa shape index (κ3) is 5.09. The minimum Gasteiger partial charge on any atom is -0.377 e. The van der Waals surface area contributed by atoms with Crippen molar-refractivity contribution in [3.8, 4) is 0 Å². The van der Waals surface area contributed by atoms with Gasteiger partial charge in [0.05, 0.1) is 11.9 Å². The molecule has 2 atom stereocenters. The fraction of sp³-hybridized carbons (Fsp3) is 1.00. The van der Waals surface area contributed by atoms with Gasteiger partial charge in [-0.05, 0) is 32.2 Å². The molecule has 2 aliphatic heterocycles.